The highest BCUT2D eigenvalue weighted by Gasteiger charge is 2.34. The molecule has 2 heterocycles. The number of aromatic nitrogens is 2. The number of aliphatic carboxylic acids is 1. The van der Waals surface area contributed by atoms with Gasteiger partial charge >= 0.3 is 12.1 Å². The number of rotatable bonds is 8. The Bertz CT molecular complexity index is 1050. The van der Waals surface area contributed by atoms with Crippen molar-refractivity contribution in [1.82, 2.24) is 14.5 Å². The van der Waals surface area contributed by atoms with Crippen LogP contribution in [0.2, 0.25) is 5.02 Å². The van der Waals surface area contributed by atoms with Crippen molar-refractivity contribution in [3.05, 3.63) is 65.0 Å². The predicted octanol–water partition coefficient (Wildman–Crippen LogP) is 4.64. The van der Waals surface area contributed by atoms with Crippen LogP contribution in [-0.4, -0.2) is 58.9 Å². The first-order chi connectivity index (χ1) is 15.2. The Morgan fingerprint density at radius 1 is 1.33 bits per heavy atom. The van der Waals surface area contributed by atoms with Gasteiger partial charge in [0.25, 0.3) is 0 Å². The van der Waals surface area contributed by atoms with Crippen LogP contribution in [0, 0.1) is 0 Å². The van der Waals surface area contributed by atoms with Gasteiger partial charge in [-0.15, -0.1) is 12.4 Å². The Morgan fingerprint density at radius 3 is 2.64 bits per heavy atom. The molecule has 1 atom stereocenters. The molecular formula is C21H22Cl2F3N3O4. The fourth-order valence-electron chi connectivity index (χ4n) is 3.40. The third kappa shape index (κ3) is 6.01. The summed E-state index contributed by atoms with van der Waals surface area (Å²) in [7, 11) is 2.92. The lowest BCUT2D eigenvalue weighted by atomic mass is 9.98. The van der Waals surface area contributed by atoms with Crippen LogP contribution in [0.1, 0.15) is 17.7 Å². The standard InChI is InChI=1S/C21H21ClF3N3O4.ClH/c1-31-8-6-17(20(29)30)27-7-5-14(18(10-27)32-2)15-9-13(22)3-4-16(15)28-11-19(26-12-28)21(23,24)25;/h3-5,9-12,17H,6-8H2,1-2H3,(H,29,30);1H. The molecule has 180 valence electrons. The van der Waals surface area contributed by atoms with E-state index in [9.17, 15) is 23.1 Å². The second-order valence-corrected chi connectivity index (χ2v) is 7.41. The molecule has 0 saturated carbocycles. The van der Waals surface area contributed by atoms with E-state index in [1.54, 1.807) is 35.4 Å². The first kappa shape index (κ1) is 26.6. The van der Waals surface area contributed by atoms with Crippen LogP contribution in [0.25, 0.3) is 11.3 Å². The Kier molecular flexibility index (Phi) is 8.82. The van der Waals surface area contributed by atoms with Crippen molar-refractivity contribution < 1.29 is 32.5 Å². The van der Waals surface area contributed by atoms with Crippen LogP contribution in [-0.2, 0) is 20.4 Å². The molecule has 0 radical (unpaired) electrons. The fourth-order valence-corrected chi connectivity index (χ4v) is 3.58. The van der Waals surface area contributed by atoms with E-state index in [4.69, 9.17) is 21.1 Å². The second-order valence-electron chi connectivity index (χ2n) is 6.97. The summed E-state index contributed by atoms with van der Waals surface area (Å²) in [6.45, 7) is 0.507. The van der Waals surface area contributed by atoms with Gasteiger partial charge in [0.15, 0.2) is 5.69 Å². The van der Waals surface area contributed by atoms with Gasteiger partial charge in [-0.1, -0.05) is 17.7 Å². The largest absolute Gasteiger partial charge is 0.495 e. The minimum absolute atomic E-state index is 0. The van der Waals surface area contributed by atoms with Gasteiger partial charge in [0.1, 0.15) is 11.8 Å². The maximum atomic E-state index is 13.0. The number of ether oxygens (including phenoxy) is 2. The van der Waals surface area contributed by atoms with E-state index in [1.165, 1.54) is 18.8 Å². The molecule has 7 nitrogen and oxygen atoms in total. The van der Waals surface area contributed by atoms with Gasteiger partial charge < -0.3 is 24.0 Å². The van der Waals surface area contributed by atoms with E-state index >= 15 is 0 Å². The summed E-state index contributed by atoms with van der Waals surface area (Å²) in [4.78, 5) is 16.8. The number of imidazole rings is 1. The van der Waals surface area contributed by atoms with Crippen molar-refractivity contribution in [2.24, 2.45) is 0 Å². The highest BCUT2D eigenvalue weighted by atomic mass is 35.5. The summed E-state index contributed by atoms with van der Waals surface area (Å²) < 4.78 is 50.8. The average Bonchev–Trinajstić information content (AvgIpc) is 3.24. The molecule has 0 saturated heterocycles. The Labute approximate surface area is 199 Å². The first-order valence-corrected chi connectivity index (χ1v) is 9.88. The van der Waals surface area contributed by atoms with Crippen LogP contribution in [0.5, 0.6) is 0 Å². The number of halogens is 5. The Morgan fingerprint density at radius 2 is 2.06 bits per heavy atom. The number of carbonyl (C=O) groups is 1. The number of alkyl halides is 3. The maximum Gasteiger partial charge on any atom is 0.434 e. The molecule has 1 N–H and O–H groups in total. The molecule has 33 heavy (non-hydrogen) atoms. The van der Waals surface area contributed by atoms with Gasteiger partial charge in [0, 0.05) is 55.2 Å². The molecule has 0 bridgehead atoms. The molecular weight excluding hydrogens is 486 g/mol. The zero-order valence-corrected chi connectivity index (χ0v) is 19.2. The first-order valence-electron chi connectivity index (χ1n) is 9.51. The van der Waals surface area contributed by atoms with Gasteiger partial charge in [0.05, 0.1) is 19.1 Å². The van der Waals surface area contributed by atoms with Gasteiger partial charge in [0.2, 0.25) is 0 Å². The van der Waals surface area contributed by atoms with Gasteiger partial charge in [-0.2, -0.15) is 13.2 Å². The number of hydrogen-bond donors (Lipinski definition) is 1. The van der Waals surface area contributed by atoms with E-state index in [0.29, 0.717) is 27.6 Å². The van der Waals surface area contributed by atoms with E-state index in [0.717, 1.165) is 12.5 Å². The molecule has 1 aromatic heterocycles. The van der Waals surface area contributed by atoms with Crippen LogP contribution in [0.3, 0.4) is 0 Å². The van der Waals surface area contributed by atoms with Crippen molar-refractivity contribution in [1.29, 1.82) is 0 Å². The van der Waals surface area contributed by atoms with Crippen molar-refractivity contribution in [3.63, 3.8) is 0 Å². The van der Waals surface area contributed by atoms with Crippen molar-refractivity contribution in [3.8, 4) is 5.69 Å². The van der Waals surface area contributed by atoms with Crippen molar-refractivity contribution in [2.45, 2.75) is 18.6 Å². The van der Waals surface area contributed by atoms with Crippen LogP contribution in [0.15, 0.2) is 48.8 Å². The van der Waals surface area contributed by atoms with Crippen LogP contribution >= 0.6 is 24.0 Å². The summed E-state index contributed by atoms with van der Waals surface area (Å²) in [6, 6.07) is 3.92. The van der Waals surface area contributed by atoms with Crippen molar-refractivity contribution in [2.75, 3.05) is 27.4 Å². The summed E-state index contributed by atoms with van der Waals surface area (Å²) in [6.07, 6.45) is 0.979. The summed E-state index contributed by atoms with van der Waals surface area (Å²) in [5.74, 6) is -0.660. The maximum absolute atomic E-state index is 13.0. The molecule has 1 aromatic carbocycles. The van der Waals surface area contributed by atoms with E-state index in [-0.39, 0.29) is 32.0 Å². The smallest absolute Gasteiger partial charge is 0.434 e. The van der Waals surface area contributed by atoms with Gasteiger partial charge in [-0.25, -0.2) is 9.78 Å². The predicted molar refractivity (Wildman–Crippen MR) is 119 cm³/mol. The Balaban J connectivity index is 0.00000385. The molecule has 0 aliphatic carbocycles. The number of methoxy groups -OCH3 is 2. The second kappa shape index (κ2) is 11.0. The van der Waals surface area contributed by atoms with E-state index in [2.05, 4.69) is 4.98 Å². The highest BCUT2D eigenvalue weighted by molar-refractivity contribution is 6.30. The third-order valence-electron chi connectivity index (χ3n) is 4.96. The lowest BCUT2D eigenvalue weighted by molar-refractivity contribution is -0.143. The van der Waals surface area contributed by atoms with Crippen LogP contribution < -0.4 is 0 Å². The number of carboxylic acids is 1. The summed E-state index contributed by atoms with van der Waals surface area (Å²) >= 11 is 6.18. The molecule has 2 aromatic rings. The van der Waals surface area contributed by atoms with E-state index in [1.807, 2.05) is 0 Å². The zero-order valence-electron chi connectivity index (χ0n) is 17.7. The Hall–Kier alpha value is -2.69. The topological polar surface area (TPSA) is 76.8 Å². The number of nitrogens with zero attached hydrogens (tertiary/aromatic N) is 3. The minimum atomic E-state index is -4.58. The van der Waals surface area contributed by atoms with Crippen molar-refractivity contribution >= 4 is 35.6 Å². The third-order valence-corrected chi connectivity index (χ3v) is 5.19. The molecule has 12 heteroatoms. The number of benzene rings is 1. The normalized spacial score (nSPS) is 14.8. The molecule has 3 rings (SSSR count). The fraction of sp³-hybridized carbons (Fsp3) is 0.333. The van der Waals surface area contributed by atoms with Gasteiger partial charge in [-0.05, 0) is 18.2 Å². The lowest BCUT2D eigenvalue weighted by Gasteiger charge is -2.31. The minimum Gasteiger partial charge on any atom is -0.495 e. The summed E-state index contributed by atoms with van der Waals surface area (Å²) in [5, 5.41) is 9.96. The zero-order chi connectivity index (χ0) is 23.5. The molecule has 1 unspecified atom stereocenters. The monoisotopic (exact) mass is 507 g/mol. The SMILES string of the molecule is COCCC(C(=O)O)N1C=C(OC)C(c2cc(Cl)ccc2-n2cnc(C(F)(F)F)c2)=CC1.Cl. The number of carboxylic acid groups (broad SMARTS) is 1. The number of hydrogen-bond acceptors (Lipinski definition) is 5. The molecule has 0 spiro atoms. The quantitative estimate of drug-likeness (QED) is 0.560. The lowest BCUT2D eigenvalue weighted by Crippen LogP contribution is -2.40. The van der Waals surface area contributed by atoms with Gasteiger partial charge in [-0.3, -0.25) is 0 Å². The highest BCUT2D eigenvalue weighted by Crippen LogP contribution is 2.35. The molecule has 0 fully saturated rings. The van der Waals surface area contributed by atoms with Crippen LogP contribution in [0.4, 0.5) is 13.2 Å². The molecule has 1 aliphatic rings. The summed E-state index contributed by atoms with van der Waals surface area (Å²) in [5.41, 5.74) is 0.473. The number of allylic oxidation sites excluding steroid dienone is 1. The average molecular weight is 508 g/mol. The molecule has 0 amide bonds. The van der Waals surface area contributed by atoms with E-state index < -0.39 is 23.9 Å². The molecule has 1 aliphatic heterocycles.